The summed E-state index contributed by atoms with van der Waals surface area (Å²) in [4.78, 5) is 15.4. The fourth-order valence-corrected chi connectivity index (χ4v) is 8.57. The summed E-state index contributed by atoms with van der Waals surface area (Å²) in [5.74, 6) is 1.45. The smallest absolute Gasteiger partial charge is 0.168 e. The molecule has 12 aromatic rings. The van der Waals surface area contributed by atoms with Crippen molar-refractivity contribution in [2.75, 3.05) is 0 Å². The molecule has 5 heteroatoms. The van der Waals surface area contributed by atoms with Gasteiger partial charge in [0.25, 0.3) is 0 Å². The van der Waals surface area contributed by atoms with Crippen molar-refractivity contribution in [1.29, 1.82) is 0 Å². The molecule has 5 nitrogen and oxygen atoms in total. The first kappa shape index (κ1) is 26.1. The third-order valence-electron chi connectivity index (χ3n) is 10.7. The van der Waals surface area contributed by atoms with Crippen LogP contribution in [0.1, 0.15) is 0 Å². The number of benzene rings is 7. The quantitative estimate of drug-likeness (QED) is 0.190. The minimum absolute atomic E-state index is 0.676. The maximum Gasteiger partial charge on any atom is 0.168 e. The molecule has 12 rings (SSSR count). The Morgan fingerprint density at radius 1 is 0.440 bits per heavy atom. The van der Waals surface area contributed by atoms with Gasteiger partial charge in [0.2, 0.25) is 0 Å². The van der Waals surface area contributed by atoms with E-state index >= 15 is 0 Å². The van der Waals surface area contributed by atoms with Gasteiger partial charge >= 0.3 is 0 Å². The fraction of sp³-hybridized carbons (Fsp3) is 0. The summed E-state index contributed by atoms with van der Waals surface area (Å²) in [6.45, 7) is 0. The summed E-state index contributed by atoms with van der Waals surface area (Å²) in [5.41, 5.74) is 8.47. The Balaban J connectivity index is 1.28. The predicted molar refractivity (Wildman–Crippen MR) is 207 cm³/mol. The lowest BCUT2D eigenvalue weighted by Gasteiger charge is -2.13. The van der Waals surface area contributed by atoms with Crippen molar-refractivity contribution < 1.29 is 0 Å². The molecular formula is C45H25N5. The molecule has 5 heterocycles. The fourth-order valence-electron chi connectivity index (χ4n) is 8.57. The van der Waals surface area contributed by atoms with E-state index in [1.54, 1.807) is 0 Å². The molecule has 50 heavy (non-hydrogen) atoms. The Bertz CT molecular complexity index is 3390. The monoisotopic (exact) mass is 635 g/mol. The van der Waals surface area contributed by atoms with Gasteiger partial charge in [0.15, 0.2) is 11.6 Å². The van der Waals surface area contributed by atoms with Gasteiger partial charge in [-0.15, -0.1) is 0 Å². The van der Waals surface area contributed by atoms with Gasteiger partial charge in [-0.05, 0) is 52.6 Å². The van der Waals surface area contributed by atoms with E-state index in [1.165, 1.54) is 65.0 Å². The van der Waals surface area contributed by atoms with Gasteiger partial charge in [0.05, 0.1) is 33.1 Å². The highest BCUT2D eigenvalue weighted by atomic mass is 15.1. The zero-order valence-electron chi connectivity index (χ0n) is 26.7. The van der Waals surface area contributed by atoms with E-state index in [9.17, 15) is 0 Å². The van der Waals surface area contributed by atoms with E-state index in [0.717, 1.165) is 38.8 Å². The Kier molecular flexibility index (Phi) is 4.91. The topological polar surface area (TPSA) is 48.0 Å². The molecule has 230 valence electrons. The molecule has 0 aliphatic rings. The molecule has 0 saturated heterocycles. The number of nitrogens with zero attached hydrogens (tertiary/aromatic N) is 5. The SMILES string of the molecule is c1ccc2cc(-c3nc(-n4c5ccc6c(c7cccc8c9ccccc9n6c87)c5c5ccc6ccccc6c54)c4ncccc4n3)ccc2c1. The number of hydrogen-bond acceptors (Lipinski definition) is 3. The van der Waals surface area contributed by atoms with Crippen LogP contribution in [-0.2, 0) is 0 Å². The highest BCUT2D eigenvalue weighted by molar-refractivity contribution is 6.34. The third-order valence-corrected chi connectivity index (χ3v) is 10.7. The molecule has 0 bridgehead atoms. The van der Waals surface area contributed by atoms with E-state index < -0.39 is 0 Å². The molecule has 7 aromatic carbocycles. The number of hydrogen-bond donors (Lipinski definition) is 0. The first-order chi connectivity index (χ1) is 24.8. The van der Waals surface area contributed by atoms with Gasteiger partial charge in [-0.25, -0.2) is 9.97 Å². The summed E-state index contributed by atoms with van der Waals surface area (Å²) in [6, 6.07) is 52.1. The zero-order chi connectivity index (χ0) is 32.5. The van der Waals surface area contributed by atoms with Gasteiger partial charge in [-0.1, -0.05) is 109 Å². The van der Waals surface area contributed by atoms with Crippen molar-refractivity contribution in [3.05, 3.63) is 152 Å². The number of rotatable bonds is 2. The maximum absolute atomic E-state index is 5.41. The number of para-hydroxylation sites is 2. The van der Waals surface area contributed by atoms with Gasteiger partial charge in [-0.3, -0.25) is 9.55 Å². The lowest BCUT2D eigenvalue weighted by atomic mass is 10.0. The van der Waals surface area contributed by atoms with Crippen LogP contribution >= 0.6 is 0 Å². The van der Waals surface area contributed by atoms with E-state index in [-0.39, 0.29) is 0 Å². The van der Waals surface area contributed by atoms with Crippen molar-refractivity contribution in [3.8, 4) is 17.2 Å². The molecule has 0 N–H and O–H groups in total. The Hall–Kier alpha value is -6.85. The molecule has 5 aromatic heterocycles. The second-order valence-corrected chi connectivity index (χ2v) is 13.2. The van der Waals surface area contributed by atoms with Crippen molar-refractivity contribution >= 4 is 92.5 Å². The average molecular weight is 636 g/mol. The van der Waals surface area contributed by atoms with Crippen LogP contribution < -0.4 is 0 Å². The predicted octanol–water partition coefficient (Wildman–Crippen LogP) is 11.2. The molecule has 0 amide bonds. The van der Waals surface area contributed by atoms with E-state index in [2.05, 4.69) is 142 Å². The van der Waals surface area contributed by atoms with Gasteiger partial charge < -0.3 is 4.40 Å². The summed E-state index contributed by atoms with van der Waals surface area (Å²) in [5, 5.41) is 12.2. The first-order valence-electron chi connectivity index (χ1n) is 17.0. The van der Waals surface area contributed by atoms with E-state index in [1.807, 2.05) is 18.3 Å². The van der Waals surface area contributed by atoms with Crippen LogP contribution in [0, 0.1) is 0 Å². The van der Waals surface area contributed by atoms with Crippen molar-refractivity contribution in [1.82, 2.24) is 23.9 Å². The van der Waals surface area contributed by atoms with Gasteiger partial charge in [-0.2, -0.15) is 0 Å². The largest absolute Gasteiger partial charge is 0.308 e. The Morgan fingerprint density at radius 3 is 2.10 bits per heavy atom. The second-order valence-electron chi connectivity index (χ2n) is 13.2. The molecule has 0 unspecified atom stereocenters. The summed E-state index contributed by atoms with van der Waals surface area (Å²) < 4.78 is 4.80. The molecule has 0 radical (unpaired) electrons. The molecule has 0 aliphatic carbocycles. The van der Waals surface area contributed by atoms with Gasteiger partial charge in [0.1, 0.15) is 5.52 Å². The Labute approximate surface area is 284 Å². The Morgan fingerprint density at radius 2 is 1.16 bits per heavy atom. The molecular weight excluding hydrogens is 611 g/mol. The average Bonchev–Trinajstić information content (AvgIpc) is 3.82. The maximum atomic E-state index is 5.41. The number of pyridine rings is 1. The van der Waals surface area contributed by atoms with Crippen LogP contribution in [0.15, 0.2) is 152 Å². The number of aromatic nitrogens is 5. The summed E-state index contributed by atoms with van der Waals surface area (Å²) in [6.07, 6.45) is 1.84. The second kappa shape index (κ2) is 9.40. The minimum atomic E-state index is 0.676. The van der Waals surface area contributed by atoms with E-state index in [0.29, 0.717) is 5.82 Å². The van der Waals surface area contributed by atoms with Crippen LogP contribution in [0.3, 0.4) is 0 Å². The summed E-state index contributed by atoms with van der Waals surface area (Å²) >= 11 is 0. The lowest BCUT2D eigenvalue weighted by Crippen LogP contribution is -2.04. The van der Waals surface area contributed by atoms with Crippen molar-refractivity contribution in [2.24, 2.45) is 0 Å². The summed E-state index contributed by atoms with van der Waals surface area (Å²) in [7, 11) is 0. The standard InChI is InChI=1S/C45H25N5/c1-2-11-28-25-29(19-18-26(28)9-1)44-47-35-16-8-24-46-41(35)45(48-44)50-38-23-22-37-39(40(38)34-21-20-27-10-3-4-12-30(27)42(34)50)33-15-7-14-32-31-13-5-6-17-36(31)49(37)43(32)33/h1-25H. The first-order valence-corrected chi connectivity index (χ1v) is 17.0. The number of fused-ring (bicyclic) bond motifs is 14. The highest BCUT2D eigenvalue weighted by Crippen LogP contribution is 2.46. The van der Waals surface area contributed by atoms with E-state index in [4.69, 9.17) is 15.0 Å². The normalized spacial score (nSPS) is 12.4. The molecule has 0 fully saturated rings. The molecule has 0 aliphatic heterocycles. The van der Waals surface area contributed by atoms with Crippen LogP contribution in [-0.4, -0.2) is 23.9 Å². The van der Waals surface area contributed by atoms with Crippen LogP contribution in [0.5, 0.6) is 0 Å². The molecule has 0 saturated carbocycles. The van der Waals surface area contributed by atoms with Crippen molar-refractivity contribution in [3.63, 3.8) is 0 Å². The van der Waals surface area contributed by atoms with Crippen LogP contribution in [0.2, 0.25) is 0 Å². The third kappa shape index (κ3) is 3.28. The van der Waals surface area contributed by atoms with Crippen LogP contribution in [0.25, 0.3) is 110 Å². The highest BCUT2D eigenvalue weighted by Gasteiger charge is 2.25. The van der Waals surface area contributed by atoms with Crippen LogP contribution in [0.4, 0.5) is 0 Å². The minimum Gasteiger partial charge on any atom is -0.308 e. The molecule has 0 spiro atoms. The van der Waals surface area contributed by atoms with Crippen molar-refractivity contribution in [2.45, 2.75) is 0 Å². The van der Waals surface area contributed by atoms with Gasteiger partial charge in [0, 0.05) is 49.5 Å². The lowest BCUT2D eigenvalue weighted by molar-refractivity contribution is 1.07. The zero-order valence-corrected chi connectivity index (χ0v) is 26.7. The molecule has 0 atom stereocenters.